The zero-order valence-corrected chi connectivity index (χ0v) is 9.87. The third-order valence-corrected chi connectivity index (χ3v) is 2.37. The number of anilines is 1. The van der Waals surface area contributed by atoms with Crippen molar-refractivity contribution in [3.05, 3.63) is 29.3 Å². The van der Waals surface area contributed by atoms with Crippen LogP contribution in [0.25, 0.3) is 0 Å². The number of benzene rings is 1. The van der Waals surface area contributed by atoms with E-state index in [1.807, 2.05) is 45.0 Å². The molecule has 0 radical (unpaired) electrons. The maximum absolute atomic E-state index is 11.7. The molecule has 0 bridgehead atoms. The van der Waals surface area contributed by atoms with Gasteiger partial charge in [-0.3, -0.25) is 4.79 Å². The topological polar surface area (TPSA) is 52.9 Å². The molecule has 0 spiro atoms. The largest absolute Gasteiger partial charge is 0.325 e. The van der Waals surface area contributed by atoms with Crippen LogP contribution < -0.4 is 5.32 Å². The second-order valence-electron chi connectivity index (χ2n) is 3.96. The van der Waals surface area contributed by atoms with Gasteiger partial charge in [0.05, 0.1) is 6.07 Å². The van der Waals surface area contributed by atoms with Gasteiger partial charge in [-0.05, 0) is 43.5 Å². The molecular formula is C13H16N2O. The number of nitrogens with one attached hydrogen (secondary N) is 1. The van der Waals surface area contributed by atoms with Gasteiger partial charge in [-0.25, -0.2) is 0 Å². The standard InChI is InChI=1S/C13H16N2O/c1-4-11(8-14)13(16)15-12-6-9(2)5-10(3)7-12/h5-7,11H,4H2,1-3H3,(H,15,16). The molecule has 1 aromatic carbocycles. The number of nitrogens with zero attached hydrogens (tertiary/aromatic N) is 1. The van der Waals surface area contributed by atoms with Crippen molar-refractivity contribution in [2.75, 3.05) is 5.32 Å². The van der Waals surface area contributed by atoms with Crippen molar-refractivity contribution in [1.29, 1.82) is 5.26 Å². The molecule has 16 heavy (non-hydrogen) atoms. The first-order valence-corrected chi connectivity index (χ1v) is 5.35. The highest BCUT2D eigenvalue weighted by molar-refractivity contribution is 5.94. The maximum atomic E-state index is 11.7. The number of hydrogen-bond acceptors (Lipinski definition) is 2. The molecule has 0 aromatic heterocycles. The molecule has 1 unspecified atom stereocenters. The smallest absolute Gasteiger partial charge is 0.241 e. The maximum Gasteiger partial charge on any atom is 0.241 e. The molecule has 0 fully saturated rings. The molecule has 0 saturated heterocycles. The van der Waals surface area contributed by atoms with E-state index in [0.29, 0.717) is 6.42 Å². The number of hydrogen-bond donors (Lipinski definition) is 1. The summed E-state index contributed by atoms with van der Waals surface area (Å²) in [6.45, 7) is 5.78. The Kier molecular flexibility index (Phi) is 4.07. The highest BCUT2D eigenvalue weighted by atomic mass is 16.1. The van der Waals surface area contributed by atoms with Crippen LogP contribution in [0.15, 0.2) is 18.2 Å². The molecule has 3 heteroatoms. The summed E-state index contributed by atoms with van der Waals surface area (Å²) in [6, 6.07) is 7.82. The van der Waals surface area contributed by atoms with Crippen molar-refractivity contribution >= 4 is 11.6 Å². The minimum Gasteiger partial charge on any atom is -0.325 e. The zero-order chi connectivity index (χ0) is 12.1. The fourth-order valence-corrected chi connectivity index (χ4v) is 1.61. The average Bonchev–Trinajstić information content (AvgIpc) is 2.17. The summed E-state index contributed by atoms with van der Waals surface area (Å²) >= 11 is 0. The Hall–Kier alpha value is -1.82. The number of rotatable bonds is 3. The summed E-state index contributed by atoms with van der Waals surface area (Å²) in [5.74, 6) is -0.796. The Bertz CT molecular complexity index is 412. The summed E-state index contributed by atoms with van der Waals surface area (Å²) in [4.78, 5) is 11.7. The number of aryl methyl sites for hydroxylation is 2. The summed E-state index contributed by atoms with van der Waals surface area (Å²) in [5, 5.41) is 11.5. The number of amides is 1. The van der Waals surface area contributed by atoms with E-state index < -0.39 is 5.92 Å². The lowest BCUT2D eigenvalue weighted by Crippen LogP contribution is -2.20. The van der Waals surface area contributed by atoms with Crippen LogP contribution >= 0.6 is 0 Å². The quantitative estimate of drug-likeness (QED) is 0.844. The molecule has 1 atom stereocenters. The lowest BCUT2D eigenvalue weighted by molar-refractivity contribution is -0.118. The van der Waals surface area contributed by atoms with Crippen molar-refractivity contribution in [1.82, 2.24) is 0 Å². The van der Waals surface area contributed by atoms with Crippen LogP contribution in [0.2, 0.25) is 0 Å². The second-order valence-corrected chi connectivity index (χ2v) is 3.96. The molecule has 84 valence electrons. The molecule has 0 heterocycles. The van der Waals surface area contributed by atoms with E-state index in [1.165, 1.54) is 0 Å². The predicted molar refractivity (Wildman–Crippen MR) is 63.9 cm³/mol. The number of nitriles is 1. The second kappa shape index (κ2) is 5.32. The monoisotopic (exact) mass is 216 g/mol. The number of carbonyl (C=O) groups excluding carboxylic acids is 1. The summed E-state index contributed by atoms with van der Waals surface area (Å²) in [6.07, 6.45) is 0.535. The van der Waals surface area contributed by atoms with Crippen LogP contribution in [-0.4, -0.2) is 5.91 Å². The van der Waals surface area contributed by atoms with Gasteiger partial charge in [0.1, 0.15) is 5.92 Å². The molecule has 1 N–H and O–H groups in total. The van der Waals surface area contributed by atoms with Crippen LogP contribution in [0.1, 0.15) is 24.5 Å². The van der Waals surface area contributed by atoms with Gasteiger partial charge in [0, 0.05) is 5.69 Å². The van der Waals surface area contributed by atoms with E-state index in [2.05, 4.69) is 5.32 Å². The lowest BCUT2D eigenvalue weighted by Gasteiger charge is -2.09. The minimum absolute atomic E-state index is 0.227. The molecule has 0 aliphatic carbocycles. The molecule has 0 aliphatic rings. The highest BCUT2D eigenvalue weighted by Gasteiger charge is 2.15. The average molecular weight is 216 g/mol. The Morgan fingerprint density at radius 1 is 1.38 bits per heavy atom. The van der Waals surface area contributed by atoms with Gasteiger partial charge in [-0.2, -0.15) is 5.26 Å². The molecule has 3 nitrogen and oxygen atoms in total. The first-order valence-electron chi connectivity index (χ1n) is 5.35. The van der Waals surface area contributed by atoms with Crippen molar-refractivity contribution < 1.29 is 4.79 Å². The van der Waals surface area contributed by atoms with E-state index >= 15 is 0 Å². The first-order chi connectivity index (χ1) is 7.56. The van der Waals surface area contributed by atoms with Crippen molar-refractivity contribution in [2.24, 2.45) is 5.92 Å². The molecule has 0 aliphatic heterocycles. The van der Waals surface area contributed by atoms with Gasteiger partial charge in [-0.1, -0.05) is 13.0 Å². The zero-order valence-electron chi connectivity index (χ0n) is 9.87. The lowest BCUT2D eigenvalue weighted by atomic mass is 10.1. The highest BCUT2D eigenvalue weighted by Crippen LogP contribution is 2.15. The molecule has 1 rings (SSSR count). The van der Waals surface area contributed by atoms with E-state index in [0.717, 1.165) is 16.8 Å². The third kappa shape index (κ3) is 3.09. The third-order valence-electron chi connectivity index (χ3n) is 2.37. The summed E-state index contributed by atoms with van der Waals surface area (Å²) in [5.41, 5.74) is 2.96. The normalized spacial score (nSPS) is 11.6. The van der Waals surface area contributed by atoms with Crippen LogP contribution in [-0.2, 0) is 4.79 Å². The van der Waals surface area contributed by atoms with Gasteiger partial charge in [0.25, 0.3) is 0 Å². The summed E-state index contributed by atoms with van der Waals surface area (Å²) < 4.78 is 0. The molecular weight excluding hydrogens is 200 g/mol. The van der Waals surface area contributed by atoms with Crippen LogP contribution in [0.5, 0.6) is 0 Å². The van der Waals surface area contributed by atoms with Crippen molar-refractivity contribution in [2.45, 2.75) is 27.2 Å². The van der Waals surface area contributed by atoms with Crippen LogP contribution in [0, 0.1) is 31.1 Å². The number of carbonyl (C=O) groups is 1. The van der Waals surface area contributed by atoms with E-state index in [1.54, 1.807) is 0 Å². The van der Waals surface area contributed by atoms with Gasteiger partial charge in [-0.15, -0.1) is 0 Å². The van der Waals surface area contributed by atoms with Crippen LogP contribution in [0.3, 0.4) is 0 Å². The predicted octanol–water partition coefficient (Wildman–Crippen LogP) is 2.79. The van der Waals surface area contributed by atoms with Crippen molar-refractivity contribution in [3.63, 3.8) is 0 Å². The van der Waals surface area contributed by atoms with E-state index in [-0.39, 0.29) is 5.91 Å². The minimum atomic E-state index is -0.569. The van der Waals surface area contributed by atoms with E-state index in [9.17, 15) is 4.79 Å². The Balaban J connectivity index is 2.81. The van der Waals surface area contributed by atoms with E-state index in [4.69, 9.17) is 5.26 Å². The van der Waals surface area contributed by atoms with Gasteiger partial charge in [0.2, 0.25) is 5.91 Å². The molecule has 0 saturated carbocycles. The van der Waals surface area contributed by atoms with Gasteiger partial charge in [0.15, 0.2) is 0 Å². The molecule has 1 amide bonds. The van der Waals surface area contributed by atoms with Gasteiger partial charge < -0.3 is 5.32 Å². The Labute approximate surface area is 96.1 Å². The molecule has 1 aromatic rings. The first kappa shape index (κ1) is 12.3. The summed E-state index contributed by atoms with van der Waals surface area (Å²) in [7, 11) is 0. The fourth-order valence-electron chi connectivity index (χ4n) is 1.61. The van der Waals surface area contributed by atoms with Gasteiger partial charge >= 0.3 is 0 Å². The van der Waals surface area contributed by atoms with Crippen molar-refractivity contribution in [3.8, 4) is 6.07 Å². The van der Waals surface area contributed by atoms with Crippen LogP contribution in [0.4, 0.5) is 5.69 Å². The Morgan fingerprint density at radius 3 is 2.38 bits per heavy atom. The Morgan fingerprint density at radius 2 is 1.94 bits per heavy atom. The SMILES string of the molecule is CCC(C#N)C(=O)Nc1cc(C)cc(C)c1. The fraction of sp³-hybridized carbons (Fsp3) is 0.385.